The Labute approximate surface area is 165 Å². The summed E-state index contributed by atoms with van der Waals surface area (Å²) in [4.78, 5) is 21.2. The third kappa shape index (κ3) is 4.57. The van der Waals surface area contributed by atoms with Crippen molar-refractivity contribution in [2.45, 2.75) is 31.2 Å². The number of aromatic nitrogens is 4. The molecule has 0 atom stereocenters. The van der Waals surface area contributed by atoms with Gasteiger partial charge in [0.1, 0.15) is 0 Å². The minimum Gasteiger partial charge on any atom is -0.355 e. The van der Waals surface area contributed by atoms with Crippen LogP contribution in [0.25, 0.3) is 5.78 Å². The number of amides is 1. The molecule has 0 spiro atoms. The second-order valence-electron chi connectivity index (χ2n) is 5.78. The fraction of sp³-hybridized carbons (Fsp3) is 0.412. The minimum absolute atomic E-state index is 0.0127. The molecule has 0 saturated carbocycles. The predicted molar refractivity (Wildman–Crippen MR) is 109 cm³/mol. The molecule has 0 saturated heterocycles. The fourth-order valence-electron chi connectivity index (χ4n) is 2.58. The molecule has 0 aromatic carbocycles. The highest BCUT2D eigenvalue weighted by molar-refractivity contribution is 7.98. The van der Waals surface area contributed by atoms with Crippen LogP contribution >= 0.6 is 34.9 Å². The molecule has 3 aromatic heterocycles. The molecule has 1 N–H and O–H groups in total. The third-order valence-electron chi connectivity index (χ3n) is 3.97. The molecule has 3 heterocycles. The van der Waals surface area contributed by atoms with Gasteiger partial charge in [-0.3, -0.25) is 4.79 Å². The van der Waals surface area contributed by atoms with E-state index in [1.807, 2.05) is 31.9 Å². The quantitative estimate of drug-likeness (QED) is 0.457. The third-order valence-corrected chi connectivity index (χ3v) is 6.27. The van der Waals surface area contributed by atoms with Crippen molar-refractivity contribution in [2.75, 3.05) is 18.6 Å². The van der Waals surface area contributed by atoms with Crippen LogP contribution in [0, 0.1) is 13.8 Å². The molecule has 1 amide bonds. The number of rotatable bonds is 8. The molecule has 0 unspecified atom stereocenters. The molecule has 0 aliphatic carbocycles. The summed E-state index contributed by atoms with van der Waals surface area (Å²) in [5.74, 6) is 2.48. The number of fused-ring (bicyclic) bond motifs is 1. The summed E-state index contributed by atoms with van der Waals surface area (Å²) in [7, 11) is 0. The Morgan fingerprint density at radius 2 is 2.19 bits per heavy atom. The van der Waals surface area contributed by atoms with Gasteiger partial charge in [-0.1, -0.05) is 11.8 Å². The summed E-state index contributed by atoms with van der Waals surface area (Å²) in [6.45, 7) is 4.54. The van der Waals surface area contributed by atoms with Gasteiger partial charge in [0.25, 0.3) is 5.78 Å². The van der Waals surface area contributed by atoms with Gasteiger partial charge in [-0.2, -0.15) is 28.1 Å². The lowest BCUT2D eigenvalue weighted by Gasteiger charge is -2.10. The Balaban J connectivity index is 1.55. The Kier molecular flexibility index (Phi) is 6.55. The molecule has 0 aliphatic rings. The number of hydrogen-bond acceptors (Lipinski definition) is 7. The van der Waals surface area contributed by atoms with Crippen molar-refractivity contribution < 1.29 is 4.79 Å². The van der Waals surface area contributed by atoms with Gasteiger partial charge in [0.05, 0.1) is 6.42 Å². The SMILES string of the molecule is CSc1nc2nc(C)c(CC(=O)NCCSCc3ccsc3)c(C)n2n1. The zero-order chi connectivity index (χ0) is 18.5. The van der Waals surface area contributed by atoms with Crippen LogP contribution in [0.4, 0.5) is 0 Å². The monoisotopic (exact) mass is 407 g/mol. The zero-order valence-electron chi connectivity index (χ0n) is 15.0. The molecule has 9 heteroatoms. The van der Waals surface area contributed by atoms with E-state index in [2.05, 4.69) is 37.2 Å². The van der Waals surface area contributed by atoms with Crippen molar-refractivity contribution in [1.82, 2.24) is 24.9 Å². The highest BCUT2D eigenvalue weighted by atomic mass is 32.2. The van der Waals surface area contributed by atoms with Crippen molar-refractivity contribution in [1.29, 1.82) is 0 Å². The molecular formula is C17H21N5OS3. The molecule has 138 valence electrons. The van der Waals surface area contributed by atoms with Gasteiger partial charge in [0, 0.05) is 35.0 Å². The molecular weight excluding hydrogens is 386 g/mol. The predicted octanol–water partition coefficient (Wildman–Crippen LogP) is 3.12. The number of thiophene rings is 1. The smallest absolute Gasteiger partial charge is 0.253 e. The number of nitrogens with one attached hydrogen (secondary N) is 1. The summed E-state index contributed by atoms with van der Waals surface area (Å²) >= 11 is 5.02. The maximum atomic E-state index is 12.3. The first-order valence-electron chi connectivity index (χ1n) is 8.21. The Morgan fingerprint density at radius 1 is 1.35 bits per heavy atom. The first-order valence-corrected chi connectivity index (χ1v) is 11.5. The lowest BCUT2D eigenvalue weighted by Crippen LogP contribution is -2.28. The van der Waals surface area contributed by atoms with E-state index in [4.69, 9.17) is 0 Å². The standard InChI is InChI=1S/C17H21N5OS3/c1-11-14(12(2)22-16(19-11)20-17(21-22)24-3)8-15(23)18-5-7-26-10-13-4-6-25-9-13/h4,6,9H,5,7-8,10H2,1-3H3,(H,18,23). The zero-order valence-corrected chi connectivity index (χ0v) is 17.4. The van der Waals surface area contributed by atoms with Crippen LogP contribution in [0.3, 0.4) is 0 Å². The second-order valence-corrected chi connectivity index (χ2v) is 8.44. The lowest BCUT2D eigenvalue weighted by atomic mass is 10.1. The van der Waals surface area contributed by atoms with E-state index < -0.39 is 0 Å². The highest BCUT2D eigenvalue weighted by Gasteiger charge is 2.15. The molecule has 6 nitrogen and oxygen atoms in total. The van der Waals surface area contributed by atoms with Crippen molar-refractivity contribution in [2.24, 2.45) is 0 Å². The fourth-order valence-corrected chi connectivity index (χ4v) is 4.50. The summed E-state index contributed by atoms with van der Waals surface area (Å²) in [6.07, 6.45) is 2.24. The van der Waals surface area contributed by atoms with Gasteiger partial charge in [-0.05, 0) is 42.5 Å². The maximum Gasteiger partial charge on any atom is 0.253 e. The molecule has 3 rings (SSSR count). The van der Waals surface area contributed by atoms with E-state index in [1.54, 1.807) is 15.9 Å². The van der Waals surface area contributed by atoms with Crippen molar-refractivity contribution in [3.8, 4) is 0 Å². The average Bonchev–Trinajstić information content (AvgIpc) is 3.27. The topological polar surface area (TPSA) is 72.2 Å². The average molecular weight is 408 g/mol. The van der Waals surface area contributed by atoms with Crippen LogP contribution in [-0.4, -0.2) is 44.0 Å². The van der Waals surface area contributed by atoms with Crippen molar-refractivity contribution >= 4 is 46.5 Å². The molecule has 0 aliphatic heterocycles. The van der Waals surface area contributed by atoms with Gasteiger partial charge in [0.15, 0.2) is 0 Å². The van der Waals surface area contributed by atoms with Gasteiger partial charge in [-0.15, -0.1) is 5.10 Å². The normalized spacial score (nSPS) is 11.2. The van der Waals surface area contributed by atoms with Crippen molar-refractivity contribution in [3.05, 3.63) is 39.3 Å². The largest absolute Gasteiger partial charge is 0.355 e. The van der Waals surface area contributed by atoms with E-state index in [-0.39, 0.29) is 5.91 Å². The van der Waals surface area contributed by atoms with E-state index >= 15 is 0 Å². The number of carbonyl (C=O) groups excluding carboxylic acids is 1. The van der Waals surface area contributed by atoms with E-state index in [1.165, 1.54) is 17.3 Å². The summed E-state index contributed by atoms with van der Waals surface area (Å²) in [6, 6.07) is 2.14. The van der Waals surface area contributed by atoms with Gasteiger partial charge in [-0.25, -0.2) is 9.50 Å². The van der Waals surface area contributed by atoms with Gasteiger partial charge >= 0.3 is 0 Å². The molecule has 0 fully saturated rings. The van der Waals surface area contributed by atoms with Gasteiger partial charge in [0.2, 0.25) is 11.1 Å². The number of nitrogens with zero attached hydrogens (tertiary/aromatic N) is 4. The summed E-state index contributed by atoms with van der Waals surface area (Å²) < 4.78 is 1.72. The van der Waals surface area contributed by atoms with Crippen LogP contribution < -0.4 is 5.32 Å². The molecule has 26 heavy (non-hydrogen) atoms. The minimum atomic E-state index is 0.0127. The number of aryl methyl sites for hydroxylation is 2. The number of thioether (sulfide) groups is 2. The Bertz CT molecular complexity index is 892. The van der Waals surface area contributed by atoms with Gasteiger partial charge < -0.3 is 5.32 Å². The lowest BCUT2D eigenvalue weighted by molar-refractivity contribution is -0.120. The second kappa shape index (κ2) is 8.88. The summed E-state index contributed by atoms with van der Waals surface area (Å²) in [5, 5.41) is 12.4. The molecule has 0 bridgehead atoms. The summed E-state index contributed by atoms with van der Waals surface area (Å²) in [5.41, 5.74) is 4.01. The molecule has 3 aromatic rings. The first kappa shape index (κ1) is 19.2. The van der Waals surface area contributed by atoms with Crippen LogP contribution in [-0.2, 0) is 17.0 Å². The van der Waals surface area contributed by atoms with Crippen molar-refractivity contribution in [3.63, 3.8) is 0 Å². The maximum absolute atomic E-state index is 12.3. The van der Waals surface area contributed by atoms with Crippen LogP contribution in [0.1, 0.15) is 22.5 Å². The van der Waals surface area contributed by atoms with Crippen LogP contribution in [0.5, 0.6) is 0 Å². The number of carbonyl (C=O) groups is 1. The van der Waals surface area contributed by atoms with E-state index in [9.17, 15) is 4.79 Å². The highest BCUT2D eigenvalue weighted by Crippen LogP contribution is 2.17. The molecule has 0 radical (unpaired) electrons. The van der Waals surface area contributed by atoms with Crippen LogP contribution in [0.2, 0.25) is 0 Å². The van der Waals surface area contributed by atoms with Crippen LogP contribution in [0.15, 0.2) is 22.0 Å². The number of hydrogen-bond donors (Lipinski definition) is 1. The Morgan fingerprint density at radius 3 is 2.92 bits per heavy atom. The van der Waals surface area contributed by atoms with E-state index in [0.29, 0.717) is 23.9 Å². The Hall–Kier alpha value is -1.58. The van der Waals surface area contributed by atoms with E-state index in [0.717, 1.165) is 28.5 Å². The first-order chi connectivity index (χ1) is 12.6.